The topological polar surface area (TPSA) is 38.3 Å². The van der Waals surface area contributed by atoms with Crippen molar-refractivity contribution in [2.24, 2.45) is 0 Å². The molecular weight excluding hydrogens is 162 g/mol. The van der Waals surface area contributed by atoms with Crippen molar-refractivity contribution in [3.05, 3.63) is 0 Å². The van der Waals surface area contributed by atoms with Gasteiger partial charge in [0.1, 0.15) is 6.10 Å². The Hall–Kier alpha value is -0.380. The van der Waals surface area contributed by atoms with Crippen LogP contribution in [0, 0.1) is 0 Å². The highest BCUT2D eigenvalue weighted by atomic mass is 32.2. The van der Waals surface area contributed by atoms with Crippen molar-refractivity contribution in [2.45, 2.75) is 25.2 Å². The van der Waals surface area contributed by atoms with Crippen LogP contribution in [0.25, 0.3) is 0 Å². The molecule has 1 unspecified atom stereocenters. The average Bonchev–Trinajstić information content (AvgIpc) is 2.31. The third kappa shape index (κ3) is 3.01. The monoisotopic (exact) mass is 175 g/mol. The molecule has 1 saturated heterocycles. The zero-order valence-electron chi connectivity index (χ0n) is 6.79. The van der Waals surface area contributed by atoms with Gasteiger partial charge in [-0.15, -0.1) is 0 Å². The van der Waals surface area contributed by atoms with Crippen molar-refractivity contribution in [3.63, 3.8) is 0 Å². The second-order valence-corrected chi connectivity index (χ2v) is 4.40. The van der Waals surface area contributed by atoms with Gasteiger partial charge in [-0.2, -0.15) is 11.8 Å². The third-order valence-corrected chi connectivity index (χ3v) is 2.59. The number of hydrogen-bond donors (Lipinski definition) is 1. The predicted molar refractivity (Wildman–Crippen MR) is 45.9 cm³/mol. The molecule has 1 rings (SSSR count). The molecule has 1 heterocycles. The Morgan fingerprint density at radius 1 is 1.82 bits per heavy atom. The lowest BCUT2D eigenvalue weighted by atomic mass is 10.4. The number of nitrogens with one attached hydrogen (secondary N) is 1. The Morgan fingerprint density at radius 3 is 3.00 bits per heavy atom. The van der Waals surface area contributed by atoms with Crippen LogP contribution in [0.2, 0.25) is 0 Å². The number of carbonyl (C=O) groups is 1. The highest BCUT2D eigenvalue weighted by molar-refractivity contribution is 7.99. The molecule has 0 bridgehead atoms. The Labute approximate surface area is 70.9 Å². The van der Waals surface area contributed by atoms with Crippen LogP contribution in [0.5, 0.6) is 0 Å². The smallest absolute Gasteiger partial charge is 0.407 e. The molecule has 0 aromatic carbocycles. The maximum Gasteiger partial charge on any atom is 0.407 e. The van der Waals surface area contributed by atoms with E-state index in [0.717, 1.165) is 5.75 Å². The summed E-state index contributed by atoms with van der Waals surface area (Å²) in [5.41, 5.74) is 0. The summed E-state index contributed by atoms with van der Waals surface area (Å²) in [6.45, 7) is 4.93. The number of carbonyl (C=O) groups excluding carboxylic acids is 1. The largest absolute Gasteiger partial charge is 0.443 e. The van der Waals surface area contributed by atoms with Gasteiger partial charge in [-0.25, -0.2) is 4.79 Å². The predicted octanol–water partition coefficient (Wildman–Crippen LogP) is 1.24. The first kappa shape index (κ1) is 8.71. The highest BCUT2D eigenvalue weighted by Crippen LogP contribution is 2.13. The minimum atomic E-state index is -0.278. The van der Waals surface area contributed by atoms with Crippen LogP contribution in [0.4, 0.5) is 4.79 Å². The summed E-state index contributed by atoms with van der Waals surface area (Å²) in [4.78, 5) is 10.6. The van der Waals surface area contributed by atoms with Crippen molar-refractivity contribution in [2.75, 3.05) is 12.3 Å². The molecule has 3 nitrogen and oxygen atoms in total. The molecule has 64 valence electrons. The van der Waals surface area contributed by atoms with Gasteiger partial charge in [0.2, 0.25) is 0 Å². The van der Waals surface area contributed by atoms with Crippen molar-refractivity contribution in [1.82, 2.24) is 5.32 Å². The molecule has 1 N–H and O–H groups in total. The van der Waals surface area contributed by atoms with Gasteiger partial charge < -0.3 is 10.1 Å². The van der Waals surface area contributed by atoms with E-state index in [9.17, 15) is 4.79 Å². The van der Waals surface area contributed by atoms with Crippen LogP contribution in [0.15, 0.2) is 0 Å². The van der Waals surface area contributed by atoms with Crippen LogP contribution in [-0.2, 0) is 4.74 Å². The Kier molecular flexibility index (Phi) is 3.05. The van der Waals surface area contributed by atoms with Gasteiger partial charge in [0.25, 0.3) is 0 Å². The van der Waals surface area contributed by atoms with Crippen LogP contribution in [0.1, 0.15) is 13.8 Å². The quantitative estimate of drug-likeness (QED) is 0.701. The second-order valence-electron chi connectivity index (χ2n) is 2.79. The number of hydrogen-bond acceptors (Lipinski definition) is 3. The molecule has 1 aliphatic rings. The summed E-state index contributed by atoms with van der Waals surface area (Å²) < 4.78 is 4.94. The number of alkyl carbamates (subject to hydrolysis) is 1. The van der Waals surface area contributed by atoms with E-state index in [0.29, 0.717) is 11.8 Å². The number of thioether (sulfide) groups is 1. The lowest BCUT2D eigenvalue weighted by molar-refractivity contribution is 0.150. The van der Waals surface area contributed by atoms with E-state index in [4.69, 9.17) is 4.74 Å². The number of cyclic esters (lactones) is 1. The molecular formula is C7H13NO2S. The first-order valence-corrected chi connectivity index (χ1v) is 4.79. The van der Waals surface area contributed by atoms with Crippen molar-refractivity contribution < 1.29 is 9.53 Å². The van der Waals surface area contributed by atoms with Crippen LogP contribution < -0.4 is 5.32 Å². The molecule has 0 radical (unpaired) electrons. The first-order chi connectivity index (χ1) is 5.18. The van der Waals surface area contributed by atoms with Gasteiger partial charge in [0.15, 0.2) is 0 Å². The van der Waals surface area contributed by atoms with E-state index in [-0.39, 0.29) is 12.2 Å². The number of rotatable bonds is 3. The van der Waals surface area contributed by atoms with Crippen LogP contribution >= 0.6 is 11.8 Å². The van der Waals surface area contributed by atoms with Crippen molar-refractivity contribution >= 4 is 17.9 Å². The molecule has 0 aromatic rings. The summed E-state index contributed by atoms with van der Waals surface area (Å²) in [5.74, 6) is 0.899. The Balaban J connectivity index is 2.13. The van der Waals surface area contributed by atoms with E-state index < -0.39 is 0 Å². The molecule has 1 fully saturated rings. The molecule has 11 heavy (non-hydrogen) atoms. The standard InChI is InChI=1S/C7H13NO2S/c1-5(2)11-4-6-3-8-7(9)10-6/h5-6H,3-4H2,1-2H3,(H,8,9). The first-order valence-electron chi connectivity index (χ1n) is 3.74. The van der Waals surface area contributed by atoms with E-state index in [1.807, 2.05) is 11.8 Å². The molecule has 0 aliphatic carbocycles. The van der Waals surface area contributed by atoms with E-state index in [1.165, 1.54) is 0 Å². The summed E-state index contributed by atoms with van der Waals surface area (Å²) >= 11 is 1.81. The SMILES string of the molecule is CC(C)SCC1CNC(=O)O1. The maximum atomic E-state index is 10.6. The molecule has 0 spiro atoms. The zero-order chi connectivity index (χ0) is 8.27. The fourth-order valence-electron chi connectivity index (χ4n) is 0.825. The molecule has 0 aromatic heterocycles. The third-order valence-electron chi connectivity index (χ3n) is 1.36. The minimum Gasteiger partial charge on any atom is -0.443 e. The molecule has 1 atom stereocenters. The molecule has 1 amide bonds. The van der Waals surface area contributed by atoms with E-state index in [2.05, 4.69) is 19.2 Å². The summed E-state index contributed by atoms with van der Waals surface area (Å²) in [7, 11) is 0. The van der Waals surface area contributed by atoms with Crippen LogP contribution in [0.3, 0.4) is 0 Å². The van der Waals surface area contributed by atoms with Gasteiger partial charge in [0, 0.05) is 5.75 Å². The Morgan fingerprint density at radius 2 is 2.55 bits per heavy atom. The summed E-state index contributed by atoms with van der Waals surface area (Å²) in [6, 6.07) is 0. The Bertz CT molecular complexity index is 149. The summed E-state index contributed by atoms with van der Waals surface area (Å²) in [5, 5.41) is 3.22. The molecule has 1 aliphatic heterocycles. The zero-order valence-corrected chi connectivity index (χ0v) is 7.61. The fourth-order valence-corrected chi connectivity index (χ4v) is 1.61. The van der Waals surface area contributed by atoms with Gasteiger partial charge in [-0.05, 0) is 5.25 Å². The van der Waals surface area contributed by atoms with E-state index in [1.54, 1.807) is 0 Å². The van der Waals surface area contributed by atoms with Crippen molar-refractivity contribution in [3.8, 4) is 0 Å². The second kappa shape index (κ2) is 3.85. The van der Waals surface area contributed by atoms with Crippen LogP contribution in [-0.4, -0.2) is 29.7 Å². The normalized spacial score (nSPS) is 23.5. The van der Waals surface area contributed by atoms with Gasteiger partial charge in [0.05, 0.1) is 6.54 Å². The maximum absolute atomic E-state index is 10.6. The highest BCUT2D eigenvalue weighted by Gasteiger charge is 2.22. The summed E-state index contributed by atoms with van der Waals surface area (Å²) in [6.07, 6.45) is -0.200. The number of amides is 1. The van der Waals surface area contributed by atoms with Gasteiger partial charge in [-0.3, -0.25) is 0 Å². The van der Waals surface area contributed by atoms with E-state index >= 15 is 0 Å². The molecule has 0 saturated carbocycles. The lowest BCUT2D eigenvalue weighted by Gasteiger charge is -2.08. The van der Waals surface area contributed by atoms with Crippen molar-refractivity contribution in [1.29, 1.82) is 0 Å². The fraction of sp³-hybridized carbons (Fsp3) is 0.857. The average molecular weight is 175 g/mol. The number of ether oxygens (including phenoxy) is 1. The molecule has 4 heteroatoms. The van der Waals surface area contributed by atoms with Gasteiger partial charge in [-0.1, -0.05) is 13.8 Å². The lowest BCUT2D eigenvalue weighted by Crippen LogP contribution is -2.17. The minimum absolute atomic E-state index is 0.0786. The van der Waals surface area contributed by atoms with Gasteiger partial charge >= 0.3 is 6.09 Å².